The van der Waals surface area contributed by atoms with Crippen LogP contribution in [0.25, 0.3) is 5.57 Å². The van der Waals surface area contributed by atoms with Gasteiger partial charge in [0.1, 0.15) is 0 Å². The number of hydrogen-bond donors (Lipinski definition) is 1. The maximum atomic E-state index is 13.3. The quantitative estimate of drug-likeness (QED) is 0.853. The second kappa shape index (κ2) is 7.18. The summed E-state index contributed by atoms with van der Waals surface area (Å²) in [4.78, 5) is 19.4. The van der Waals surface area contributed by atoms with Crippen molar-refractivity contribution in [2.45, 2.75) is 51.4 Å². The number of benzene rings is 1. The molecule has 0 radical (unpaired) electrons. The number of aryl methyl sites for hydroxylation is 2. The van der Waals surface area contributed by atoms with Gasteiger partial charge in [-0.3, -0.25) is 4.79 Å². The highest BCUT2D eigenvalue weighted by atomic mass is 35.5. The summed E-state index contributed by atoms with van der Waals surface area (Å²) in [5, 5.41) is 13.1. The van der Waals surface area contributed by atoms with Crippen molar-refractivity contribution in [3.8, 4) is 0 Å². The summed E-state index contributed by atoms with van der Waals surface area (Å²) in [5.74, 6) is -0.193. The lowest BCUT2D eigenvalue weighted by Gasteiger charge is -2.42. The largest absolute Gasteiger partial charge is 0.350 e. The molecule has 4 rings (SSSR count). The number of piperidine rings is 1. The first kappa shape index (κ1) is 18.9. The average Bonchev–Trinajstić information content (AvgIpc) is 3.24. The van der Waals surface area contributed by atoms with Gasteiger partial charge in [0.15, 0.2) is 6.29 Å². The van der Waals surface area contributed by atoms with Gasteiger partial charge in [0.05, 0.1) is 12.1 Å². The third-order valence-corrected chi connectivity index (χ3v) is 6.14. The number of amides is 1. The Morgan fingerprint density at radius 1 is 1.26 bits per heavy atom. The number of hydroxylamine groups is 4. The molecule has 0 saturated carbocycles. The molecule has 2 saturated heterocycles. The summed E-state index contributed by atoms with van der Waals surface area (Å²) in [5.41, 5.74) is 2.88. The highest BCUT2D eigenvalue weighted by Crippen LogP contribution is 2.43. The molecule has 1 unspecified atom stereocenters. The van der Waals surface area contributed by atoms with Crippen molar-refractivity contribution >= 4 is 23.1 Å². The Labute approximate surface area is 164 Å². The van der Waals surface area contributed by atoms with Crippen LogP contribution < -0.4 is 0 Å². The van der Waals surface area contributed by atoms with Gasteiger partial charge in [-0.25, -0.2) is 9.90 Å². The van der Waals surface area contributed by atoms with Crippen LogP contribution in [0.2, 0.25) is 5.02 Å². The molecule has 1 amide bonds. The van der Waals surface area contributed by atoms with Gasteiger partial charge in [0.25, 0.3) is 5.91 Å². The van der Waals surface area contributed by atoms with E-state index in [-0.39, 0.29) is 5.91 Å². The Kier molecular flexibility index (Phi) is 5.03. The zero-order chi connectivity index (χ0) is 19.2. The molecule has 3 heterocycles. The number of nitrogens with zero attached hydrogens (tertiary/aromatic N) is 2. The molecule has 6 nitrogen and oxygen atoms in total. The van der Waals surface area contributed by atoms with Crippen LogP contribution in [0.3, 0.4) is 0 Å². The standard InChI is InChI=1S/C20H25ClN2O4/c1-13-10-15(17(21)11-14(13)2)16-12-20(5-7-22(25)8-6-20)23(19(16)24)27-18-4-3-9-26-18/h10-12,18,25H,3-9H2,1-2H3. The molecule has 146 valence electrons. The molecule has 0 aromatic heterocycles. The summed E-state index contributed by atoms with van der Waals surface area (Å²) in [7, 11) is 0. The summed E-state index contributed by atoms with van der Waals surface area (Å²) in [6.45, 7) is 5.61. The molecular weight excluding hydrogens is 368 g/mol. The minimum absolute atomic E-state index is 0.193. The Bertz CT molecular complexity index is 780. The molecule has 1 aromatic rings. The predicted molar refractivity (Wildman–Crippen MR) is 101 cm³/mol. The molecule has 3 aliphatic heterocycles. The SMILES string of the molecule is Cc1cc(Cl)c(C2=CC3(CCN(O)CC3)N(OC3CCCO3)C2=O)cc1C. The summed E-state index contributed by atoms with van der Waals surface area (Å²) >= 11 is 6.49. The molecule has 1 N–H and O–H groups in total. The van der Waals surface area contributed by atoms with Crippen molar-refractivity contribution in [3.63, 3.8) is 0 Å². The normalized spacial score (nSPS) is 25.5. The Balaban J connectivity index is 1.71. The number of halogens is 1. The second-order valence-corrected chi connectivity index (χ2v) is 8.09. The zero-order valence-corrected chi connectivity index (χ0v) is 16.5. The lowest BCUT2D eigenvalue weighted by atomic mass is 9.88. The number of carbonyl (C=O) groups excluding carboxylic acids is 1. The highest BCUT2D eigenvalue weighted by Gasteiger charge is 2.49. The van der Waals surface area contributed by atoms with Gasteiger partial charge in [-0.05, 0) is 62.4 Å². The monoisotopic (exact) mass is 392 g/mol. The maximum absolute atomic E-state index is 13.3. The third kappa shape index (κ3) is 3.41. The van der Waals surface area contributed by atoms with E-state index in [1.54, 1.807) is 0 Å². The molecular formula is C20H25ClN2O4. The van der Waals surface area contributed by atoms with E-state index in [4.69, 9.17) is 21.2 Å². The van der Waals surface area contributed by atoms with Crippen molar-refractivity contribution in [1.82, 2.24) is 10.1 Å². The Morgan fingerprint density at radius 2 is 1.96 bits per heavy atom. The van der Waals surface area contributed by atoms with Crippen molar-refractivity contribution in [1.29, 1.82) is 0 Å². The van der Waals surface area contributed by atoms with Crippen molar-refractivity contribution in [2.75, 3.05) is 19.7 Å². The first-order chi connectivity index (χ1) is 12.9. The number of hydrogen-bond acceptors (Lipinski definition) is 5. The molecule has 1 atom stereocenters. The van der Waals surface area contributed by atoms with Crippen molar-refractivity contribution in [3.05, 3.63) is 39.9 Å². The van der Waals surface area contributed by atoms with Crippen molar-refractivity contribution < 1.29 is 19.6 Å². The van der Waals surface area contributed by atoms with Crippen LogP contribution in [0.15, 0.2) is 18.2 Å². The van der Waals surface area contributed by atoms with E-state index in [1.807, 2.05) is 32.1 Å². The van der Waals surface area contributed by atoms with Gasteiger partial charge >= 0.3 is 0 Å². The fraction of sp³-hybridized carbons (Fsp3) is 0.550. The molecule has 7 heteroatoms. The van der Waals surface area contributed by atoms with E-state index in [0.717, 1.165) is 29.5 Å². The minimum atomic E-state index is -0.584. The molecule has 27 heavy (non-hydrogen) atoms. The van der Waals surface area contributed by atoms with Crippen LogP contribution in [0.1, 0.15) is 42.4 Å². The Hall–Kier alpha value is -1.44. The van der Waals surface area contributed by atoms with Gasteiger partial charge in [-0.1, -0.05) is 11.6 Å². The summed E-state index contributed by atoms with van der Waals surface area (Å²) in [6.07, 6.45) is 4.45. The number of rotatable bonds is 3. The van der Waals surface area contributed by atoms with Crippen LogP contribution in [0.4, 0.5) is 0 Å². The van der Waals surface area contributed by atoms with Gasteiger partial charge in [-0.15, -0.1) is 0 Å². The lowest BCUT2D eigenvalue weighted by molar-refractivity contribution is -0.286. The molecule has 1 spiro atoms. The molecule has 3 aliphatic rings. The van der Waals surface area contributed by atoms with Crippen LogP contribution in [0.5, 0.6) is 0 Å². The summed E-state index contributed by atoms with van der Waals surface area (Å²) < 4.78 is 5.59. The minimum Gasteiger partial charge on any atom is -0.350 e. The van der Waals surface area contributed by atoms with E-state index in [1.165, 1.54) is 10.1 Å². The Morgan fingerprint density at radius 3 is 2.63 bits per heavy atom. The molecule has 0 aliphatic carbocycles. The van der Waals surface area contributed by atoms with Crippen LogP contribution in [-0.4, -0.2) is 52.8 Å². The van der Waals surface area contributed by atoms with Crippen LogP contribution in [-0.2, 0) is 14.4 Å². The molecule has 2 fully saturated rings. The van der Waals surface area contributed by atoms with Gasteiger partial charge in [0, 0.05) is 35.7 Å². The predicted octanol–water partition coefficient (Wildman–Crippen LogP) is 3.47. The lowest BCUT2D eigenvalue weighted by Crippen LogP contribution is -2.53. The highest BCUT2D eigenvalue weighted by molar-refractivity contribution is 6.35. The molecule has 0 bridgehead atoms. The molecule has 1 aromatic carbocycles. The first-order valence-corrected chi connectivity index (χ1v) is 9.84. The van der Waals surface area contributed by atoms with E-state index in [9.17, 15) is 10.0 Å². The fourth-order valence-electron chi connectivity index (χ4n) is 4.01. The second-order valence-electron chi connectivity index (χ2n) is 7.68. The number of carbonyl (C=O) groups is 1. The van der Waals surface area contributed by atoms with Gasteiger partial charge in [-0.2, -0.15) is 5.06 Å². The summed E-state index contributed by atoms with van der Waals surface area (Å²) in [6, 6.07) is 3.86. The van der Waals surface area contributed by atoms with Gasteiger partial charge in [0.2, 0.25) is 0 Å². The third-order valence-electron chi connectivity index (χ3n) is 5.82. The number of ether oxygens (including phenoxy) is 1. The topological polar surface area (TPSA) is 62.2 Å². The first-order valence-electron chi connectivity index (χ1n) is 9.46. The van der Waals surface area contributed by atoms with Crippen LogP contribution in [0, 0.1) is 13.8 Å². The zero-order valence-electron chi connectivity index (χ0n) is 15.7. The van der Waals surface area contributed by atoms with E-state index in [2.05, 4.69) is 0 Å². The van der Waals surface area contributed by atoms with E-state index in [0.29, 0.717) is 43.1 Å². The van der Waals surface area contributed by atoms with E-state index >= 15 is 0 Å². The fourth-order valence-corrected chi connectivity index (χ4v) is 4.33. The van der Waals surface area contributed by atoms with Crippen molar-refractivity contribution in [2.24, 2.45) is 0 Å². The van der Waals surface area contributed by atoms with Gasteiger partial charge < -0.3 is 9.94 Å². The average molecular weight is 393 g/mol. The maximum Gasteiger partial charge on any atom is 0.278 e. The van der Waals surface area contributed by atoms with Crippen LogP contribution >= 0.6 is 11.6 Å². The van der Waals surface area contributed by atoms with E-state index < -0.39 is 11.8 Å². The smallest absolute Gasteiger partial charge is 0.278 e.